The van der Waals surface area contributed by atoms with Crippen LogP contribution in [-0.2, 0) is 28.9 Å². The van der Waals surface area contributed by atoms with E-state index in [1.807, 2.05) is 35.7 Å². The van der Waals surface area contributed by atoms with Gasteiger partial charge in [0.1, 0.15) is 17.3 Å². The summed E-state index contributed by atoms with van der Waals surface area (Å²) in [5.41, 5.74) is 1.10. The van der Waals surface area contributed by atoms with Crippen LogP contribution in [-0.4, -0.2) is 17.4 Å². The number of benzene rings is 2. The first kappa shape index (κ1) is 22.1. The van der Waals surface area contributed by atoms with Gasteiger partial charge in [0.15, 0.2) is 0 Å². The smallest absolute Gasteiger partial charge is 0.416 e. The van der Waals surface area contributed by atoms with E-state index < -0.39 is 22.9 Å². The molecule has 0 aliphatic carbocycles. The second-order valence-corrected chi connectivity index (χ2v) is 9.30. The van der Waals surface area contributed by atoms with Crippen molar-refractivity contribution in [3.8, 4) is 5.75 Å². The fourth-order valence-corrected chi connectivity index (χ4v) is 4.96. The molecule has 0 saturated carbocycles. The van der Waals surface area contributed by atoms with E-state index in [-0.39, 0.29) is 5.75 Å². The van der Waals surface area contributed by atoms with Gasteiger partial charge in [-0.1, -0.05) is 45.9 Å². The van der Waals surface area contributed by atoms with Crippen molar-refractivity contribution in [2.75, 3.05) is 12.9 Å². The fraction of sp³-hybridized carbons (Fsp3) is 0.263. The SMILES string of the molecule is COc1cccc(CSS/C=C/C[S+]([O-])Cc2ccc(C(F)(F)F)cc2)c1. The average molecular weight is 433 g/mol. The molecule has 0 radical (unpaired) electrons. The van der Waals surface area contributed by atoms with Crippen LogP contribution >= 0.6 is 21.6 Å². The highest BCUT2D eigenvalue weighted by atomic mass is 33.1. The number of rotatable bonds is 9. The quantitative estimate of drug-likeness (QED) is 0.274. The van der Waals surface area contributed by atoms with Gasteiger partial charge in [-0.2, -0.15) is 13.2 Å². The number of alkyl halides is 3. The Kier molecular flexibility index (Phi) is 8.95. The Morgan fingerprint density at radius 1 is 1.11 bits per heavy atom. The van der Waals surface area contributed by atoms with E-state index in [0.717, 1.165) is 29.2 Å². The van der Waals surface area contributed by atoms with Gasteiger partial charge in [0.05, 0.1) is 12.7 Å². The van der Waals surface area contributed by atoms with E-state index in [1.54, 1.807) is 28.7 Å². The molecule has 0 fully saturated rings. The van der Waals surface area contributed by atoms with E-state index in [2.05, 4.69) is 0 Å². The van der Waals surface area contributed by atoms with Crippen molar-refractivity contribution in [1.82, 2.24) is 0 Å². The van der Waals surface area contributed by atoms with E-state index in [0.29, 0.717) is 11.3 Å². The first-order chi connectivity index (χ1) is 12.9. The Labute approximate surface area is 168 Å². The number of hydrogen-bond acceptors (Lipinski definition) is 4. The van der Waals surface area contributed by atoms with Gasteiger partial charge in [0, 0.05) is 11.3 Å². The summed E-state index contributed by atoms with van der Waals surface area (Å²) in [7, 11) is 4.84. The Hall–Kier alpha value is -1.22. The van der Waals surface area contributed by atoms with Crippen molar-refractivity contribution in [3.05, 3.63) is 76.7 Å². The van der Waals surface area contributed by atoms with Crippen molar-refractivity contribution >= 4 is 32.8 Å². The van der Waals surface area contributed by atoms with Crippen LogP contribution in [0.5, 0.6) is 5.75 Å². The van der Waals surface area contributed by atoms with Crippen molar-refractivity contribution in [3.63, 3.8) is 0 Å². The van der Waals surface area contributed by atoms with Gasteiger partial charge in [-0.05, 0) is 52.5 Å². The molecule has 1 unspecified atom stereocenters. The summed E-state index contributed by atoms with van der Waals surface area (Å²) in [6.07, 6.45) is -2.52. The number of methoxy groups -OCH3 is 1. The molecule has 0 aliphatic rings. The normalized spacial score (nSPS) is 13.1. The molecule has 2 aromatic rings. The van der Waals surface area contributed by atoms with E-state index in [4.69, 9.17) is 4.74 Å². The summed E-state index contributed by atoms with van der Waals surface area (Å²) in [5.74, 6) is 2.26. The first-order valence-corrected chi connectivity index (χ1v) is 11.8. The Balaban J connectivity index is 1.68. The number of hydrogen-bond donors (Lipinski definition) is 0. The van der Waals surface area contributed by atoms with Crippen molar-refractivity contribution in [2.45, 2.75) is 17.7 Å². The summed E-state index contributed by atoms with van der Waals surface area (Å²) in [6.45, 7) is 0. The zero-order valence-corrected chi connectivity index (χ0v) is 17.0. The van der Waals surface area contributed by atoms with Crippen LogP contribution in [0.2, 0.25) is 0 Å². The third-order valence-corrected chi connectivity index (χ3v) is 6.68. The molecule has 2 nitrogen and oxygen atoms in total. The molecule has 0 aromatic heterocycles. The lowest BCUT2D eigenvalue weighted by Crippen LogP contribution is -2.09. The highest BCUT2D eigenvalue weighted by molar-refractivity contribution is 8.77. The predicted molar refractivity (Wildman–Crippen MR) is 109 cm³/mol. The predicted octanol–water partition coefficient (Wildman–Crippen LogP) is 6.06. The molecular formula is C19H19F3O2S3. The molecule has 2 aromatic carbocycles. The molecule has 27 heavy (non-hydrogen) atoms. The van der Waals surface area contributed by atoms with Gasteiger partial charge in [0.25, 0.3) is 0 Å². The van der Waals surface area contributed by atoms with E-state index in [9.17, 15) is 17.7 Å². The van der Waals surface area contributed by atoms with Gasteiger partial charge >= 0.3 is 6.18 Å². The molecular weight excluding hydrogens is 413 g/mol. The highest BCUT2D eigenvalue weighted by Crippen LogP contribution is 2.30. The minimum atomic E-state index is -4.35. The van der Waals surface area contributed by atoms with Crippen LogP contribution in [0.3, 0.4) is 0 Å². The summed E-state index contributed by atoms with van der Waals surface area (Å²) >= 11 is -1.15. The van der Waals surface area contributed by atoms with Crippen LogP contribution in [0.15, 0.2) is 60.0 Å². The number of ether oxygens (including phenoxy) is 1. The zero-order chi connectivity index (χ0) is 19.7. The Morgan fingerprint density at radius 3 is 2.52 bits per heavy atom. The molecule has 0 N–H and O–H groups in total. The van der Waals surface area contributed by atoms with Crippen LogP contribution in [0.1, 0.15) is 16.7 Å². The van der Waals surface area contributed by atoms with Crippen molar-refractivity contribution in [1.29, 1.82) is 0 Å². The van der Waals surface area contributed by atoms with E-state index in [1.165, 1.54) is 12.1 Å². The summed E-state index contributed by atoms with van der Waals surface area (Å²) in [5, 5.41) is 1.88. The van der Waals surface area contributed by atoms with E-state index >= 15 is 0 Å². The van der Waals surface area contributed by atoms with Gasteiger partial charge in [-0.25, -0.2) is 0 Å². The van der Waals surface area contributed by atoms with Crippen molar-refractivity contribution < 1.29 is 22.5 Å². The second kappa shape index (κ2) is 10.9. The zero-order valence-electron chi connectivity index (χ0n) is 14.6. The highest BCUT2D eigenvalue weighted by Gasteiger charge is 2.30. The lowest BCUT2D eigenvalue weighted by atomic mass is 10.1. The Morgan fingerprint density at radius 2 is 1.85 bits per heavy atom. The van der Waals surface area contributed by atoms with Gasteiger partial charge in [-0.15, -0.1) is 0 Å². The minimum absolute atomic E-state index is 0.240. The molecule has 2 rings (SSSR count). The van der Waals surface area contributed by atoms with Gasteiger partial charge in [-0.3, -0.25) is 0 Å². The maximum absolute atomic E-state index is 12.5. The summed E-state index contributed by atoms with van der Waals surface area (Å²) < 4.78 is 54.8. The third-order valence-electron chi connectivity index (χ3n) is 3.47. The molecule has 8 heteroatoms. The monoisotopic (exact) mass is 432 g/mol. The van der Waals surface area contributed by atoms with Gasteiger partial charge < -0.3 is 9.29 Å². The van der Waals surface area contributed by atoms with Crippen LogP contribution in [0.4, 0.5) is 13.2 Å². The third kappa shape index (κ3) is 8.13. The molecule has 0 saturated heterocycles. The van der Waals surface area contributed by atoms with Crippen LogP contribution in [0.25, 0.3) is 0 Å². The minimum Gasteiger partial charge on any atom is -0.616 e. The molecule has 0 aliphatic heterocycles. The van der Waals surface area contributed by atoms with Crippen LogP contribution in [0, 0.1) is 0 Å². The maximum Gasteiger partial charge on any atom is 0.416 e. The standard InChI is InChI=1S/C19H19F3O2S3/c1-24-18-5-2-4-16(12-18)13-26-25-10-3-11-27(23)14-15-6-8-17(9-7-15)19(20,21)22/h2-10,12H,11,13-14H2,1H3/b10-3+. The molecule has 0 bridgehead atoms. The molecule has 146 valence electrons. The van der Waals surface area contributed by atoms with Crippen molar-refractivity contribution in [2.24, 2.45) is 0 Å². The average Bonchev–Trinajstić information content (AvgIpc) is 2.64. The molecule has 0 amide bonds. The Bertz CT molecular complexity index is 734. The maximum atomic E-state index is 12.5. The first-order valence-electron chi connectivity index (χ1n) is 7.96. The second-order valence-electron chi connectivity index (χ2n) is 5.53. The molecule has 0 spiro atoms. The largest absolute Gasteiger partial charge is 0.616 e. The lowest BCUT2D eigenvalue weighted by Gasteiger charge is -2.10. The topological polar surface area (TPSA) is 32.3 Å². The lowest BCUT2D eigenvalue weighted by molar-refractivity contribution is -0.137. The fourth-order valence-electron chi connectivity index (χ4n) is 2.12. The summed E-state index contributed by atoms with van der Waals surface area (Å²) in [4.78, 5) is 0. The summed E-state index contributed by atoms with van der Waals surface area (Å²) in [6, 6.07) is 12.6. The molecule has 0 heterocycles. The number of halogens is 3. The van der Waals surface area contributed by atoms with Gasteiger partial charge in [0.2, 0.25) is 0 Å². The molecule has 1 atom stereocenters. The van der Waals surface area contributed by atoms with Crippen LogP contribution < -0.4 is 4.74 Å².